The monoisotopic (exact) mass is 271 g/mol. The molecule has 0 radical (unpaired) electrons. The summed E-state index contributed by atoms with van der Waals surface area (Å²) in [5.41, 5.74) is 5.12. The molecule has 1 amide bonds. The molecule has 0 bridgehead atoms. The zero-order valence-electron chi connectivity index (χ0n) is 9.85. The molecule has 0 saturated carbocycles. The van der Waals surface area contributed by atoms with Crippen LogP contribution >= 0.6 is 11.6 Å². The zero-order valence-corrected chi connectivity index (χ0v) is 10.6. The van der Waals surface area contributed by atoms with Crippen LogP contribution in [0.2, 0.25) is 5.02 Å². The van der Waals surface area contributed by atoms with E-state index in [9.17, 15) is 14.9 Å². The minimum Gasteiger partial charge on any atom is -0.352 e. The van der Waals surface area contributed by atoms with Gasteiger partial charge in [-0.1, -0.05) is 17.7 Å². The Bertz CT molecular complexity index is 463. The van der Waals surface area contributed by atoms with Crippen molar-refractivity contribution in [3.8, 4) is 0 Å². The van der Waals surface area contributed by atoms with Crippen molar-refractivity contribution in [3.63, 3.8) is 0 Å². The number of hydrogen-bond acceptors (Lipinski definition) is 4. The van der Waals surface area contributed by atoms with E-state index in [4.69, 9.17) is 17.3 Å². The third-order valence-corrected chi connectivity index (χ3v) is 2.62. The molecule has 3 N–H and O–H groups in total. The molecule has 18 heavy (non-hydrogen) atoms. The minimum absolute atomic E-state index is 0.0495. The molecule has 98 valence electrons. The fraction of sp³-hybridized carbons (Fsp3) is 0.364. The van der Waals surface area contributed by atoms with Gasteiger partial charge >= 0.3 is 0 Å². The highest BCUT2D eigenvalue weighted by atomic mass is 35.5. The minimum atomic E-state index is -0.633. The van der Waals surface area contributed by atoms with Gasteiger partial charge < -0.3 is 11.1 Å². The molecule has 0 aliphatic rings. The summed E-state index contributed by atoms with van der Waals surface area (Å²) < 4.78 is 0. The van der Waals surface area contributed by atoms with Gasteiger partial charge in [-0.3, -0.25) is 14.9 Å². The number of nitro groups is 1. The van der Waals surface area contributed by atoms with Crippen LogP contribution in [0.15, 0.2) is 18.2 Å². The van der Waals surface area contributed by atoms with Crippen LogP contribution in [0, 0.1) is 10.1 Å². The van der Waals surface area contributed by atoms with Crippen molar-refractivity contribution in [3.05, 3.63) is 38.9 Å². The van der Waals surface area contributed by atoms with Gasteiger partial charge in [0.2, 0.25) is 0 Å². The van der Waals surface area contributed by atoms with Crippen LogP contribution in [0.3, 0.4) is 0 Å². The average molecular weight is 272 g/mol. The smallest absolute Gasteiger partial charge is 0.283 e. The predicted octanol–water partition coefficient (Wildman–Crippen LogP) is 1.72. The molecule has 1 aromatic carbocycles. The van der Waals surface area contributed by atoms with Crippen molar-refractivity contribution in [1.82, 2.24) is 5.32 Å². The second kappa shape index (κ2) is 6.32. The number of benzene rings is 1. The molecule has 0 aliphatic heterocycles. The fourth-order valence-corrected chi connectivity index (χ4v) is 1.65. The van der Waals surface area contributed by atoms with Crippen LogP contribution in [0.1, 0.15) is 23.7 Å². The molecule has 0 fully saturated rings. The molecule has 0 saturated heterocycles. The largest absolute Gasteiger partial charge is 0.352 e. The van der Waals surface area contributed by atoms with Gasteiger partial charge in [-0.15, -0.1) is 0 Å². The Kier molecular flexibility index (Phi) is 5.06. The lowest BCUT2D eigenvalue weighted by molar-refractivity contribution is -0.385. The maximum absolute atomic E-state index is 11.8. The Morgan fingerprint density at radius 3 is 2.83 bits per heavy atom. The maximum Gasteiger partial charge on any atom is 0.283 e. The first-order valence-electron chi connectivity index (χ1n) is 5.40. The first kappa shape index (κ1) is 14.4. The van der Waals surface area contributed by atoms with E-state index < -0.39 is 10.8 Å². The number of nitrogens with zero attached hydrogens (tertiary/aromatic N) is 1. The first-order chi connectivity index (χ1) is 8.43. The van der Waals surface area contributed by atoms with E-state index in [1.54, 1.807) is 0 Å². The summed E-state index contributed by atoms with van der Waals surface area (Å²) in [6.45, 7) is 2.16. The van der Waals surface area contributed by atoms with Crippen LogP contribution < -0.4 is 11.1 Å². The molecule has 1 aromatic rings. The predicted molar refractivity (Wildman–Crippen MR) is 68.7 cm³/mol. The summed E-state index contributed by atoms with van der Waals surface area (Å²) in [5, 5.41) is 13.4. The number of rotatable bonds is 5. The molecule has 0 aliphatic carbocycles. The van der Waals surface area contributed by atoms with Gasteiger partial charge in [-0.25, -0.2) is 0 Å². The van der Waals surface area contributed by atoms with Gasteiger partial charge in [-0.05, 0) is 19.4 Å². The maximum atomic E-state index is 11.8. The number of hydrogen-bond donors (Lipinski definition) is 2. The lowest BCUT2D eigenvalue weighted by Gasteiger charge is -2.08. The SMILES string of the molecule is CC(N)CCNC(=O)c1c(Cl)cccc1[N+](=O)[O-]. The van der Waals surface area contributed by atoms with Crippen LogP contribution in [-0.4, -0.2) is 23.4 Å². The van der Waals surface area contributed by atoms with Gasteiger partial charge in [0, 0.05) is 18.7 Å². The molecular formula is C11H14ClN3O3. The summed E-state index contributed by atoms with van der Waals surface area (Å²) in [7, 11) is 0. The van der Waals surface area contributed by atoms with Crippen molar-refractivity contribution >= 4 is 23.2 Å². The van der Waals surface area contributed by atoms with E-state index in [0.717, 1.165) is 0 Å². The van der Waals surface area contributed by atoms with Crippen molar-refractivity contribution < 1.29 is 9.72 Å². The molecule has 0 spiro atoms. The quantitative estimate of drug-likeness (QED) is 0.629. The average Bonchev–Trinajstić information content (AvgIpc) is 2.27. The number of nitro benzene ring substituents is 1. The zero-order chi connectivity index (χ0) is 13.7. The van der Waals surface area contributed by atoms with Crippen LogP contribution in [-0.2, 0) is 0 Å². The Balaban J connectivity index is 2.88. The second-order valence-corrected chi connectivity index (χ2v) is 4.32. The van der Waals surface area contributed by atoms with E-state index in [1.165, 1.54) is 18.2 Å². The Hall–Kier alpha value is -1.66. The van der Waals surface area contributed by atoms with Crippen molar-refractivity contribution in [1.29, 1.82) is 0 Å². The van der Waals surface area contributed by atoms with Crippen LogP contribution in [0.4, 0.5) is 5.69 Å². The molecule has 6 nitrogen and oxygen atoms in total. The molecular weight excluding hydrogens is 258 g/mol. The molecule has 7 heteroatoms. The molecule has 1 rings (SSSR count). The molecule has 1 atom stereocenters. The molecule has 1 unspecified atom stereocenters. The number of amides is 1. The highest BCUT2D eigenvalue weighted by Gasteiger charge is 2.22. The van der Waals surface area contributed by atoms with Gasteiger partial charge in [0.25, 0.3) is 11.6 Å². The van der Waals surface area contributed by atoms with Crippen LogP contribution in [0.5, 0.6) is 0 Å². The summed E-state index contributed by atoms with van der Waals surface area (Å²) >= 11 is 5.82. The van der Waals surface area contributed by atoms with Crippen LogP contribution in [0.25, 0.3) is 0 Å². The van der Waals surface area contributed by atoms with E-state index in [-0.39, 0.29) is 22.3 Å². The van der Waals surface area contributed by atoms with E-state index in [1.807, 2.05) is 6.92 Å². The topological polar surface area (TPSA) is 98.3 Å². The van der Waals surface area contributed by atoms with Gasteiger partial charge in [0.05, 0.1) is 9.95 Å². The number of carbonyl (C=O) groups is 1. The molecule has 0 aromatic heterocycles. The first-order valence-corrected chi connectivity index (χ1v) is 5.78. The van der Waals surface area contributed by atoms with Gasteiger partial charge in [0.1, 0.15) is 5.56 Å². The Morgan fingerprint density at radius 2 is 2.28 bits per heavy atom. The fourth-order valence-electron chi connectivity index (χ4n) is 1.39. The van der Waals surface area contributed by atoms with Gasteiger partial charge in [-0.2, -0.15) is 0 Å². The third-order valence-electron chi connectivity index (χ3n) is 2.30. The highest BCUT2D eigenvalue weighted by molar-refractivity contribution is 6.34. The standard InChI is InChI=1S/C11H14ClN3O3/c1-7(13)5-6-14-11(16)10-8(12)3-2-4-9(10)15(17)18/h2-4,7H,5-6,13H2,1H3,(H,14,16). The highest BCUT2D eigenvalue weighted by Crippen LogP contribution is 2.25. The normalized spacial score (nSPS) is 11.9. The lowest BCUT2D eigenvalue weighted by Crippen LogP contribution is -2.29. The lowest BCUT2D eigenvalue weighted by atomic mass is 10.1. The van der Waals surface area contributed by atoms with E-state index in [2.05, 4.69) is 5.32 Å². The summed E-state index contributed by atoms with van der Waals surface area (Å²) in [6, 6.07) is 4.06. The number of nitrogens with two attached hydrogens (primary N) is 1. The third kappa shape index (κ3) is 3.68. The Morgan fingerprint density at radius 1 is 1.61 bits per heavy atom. The molecule has 0 heterocycles. The van der Waals surface area contributed by atoms with Crippen molar-refractivity contribution in [2.45, 2.75) is 19.4 Å². The van der Waals surface area contributed by atoms with Gasteiger partial charge in [0.15, 0.2) is 0 Å². The van der Waals surface area contributed by atoms with E-state index >= 15 is 0 Å². The van der Waals surface area contributed by atoms with E-state index in [0.29, 0.717) is 13.0 Å². The summed E-state index contributed by atoms with van der Waals surface area (Å²) in [6.07, 6.45) is 0.587. The second-order valence-electron chi connectivity index (χ2n) is 3.91. The number of carbonyl (C=O) groups excluding carboxylic acids is 1. The Labute approximate surface area is 109 Å². The summed E-state index contributed by atoms with van der Waals surface area (Å²) in [5.74, 6) is -0.562. The van der Waals surface area contributed by atoms with Crippen molar-refractivity contribution in [2.75, 3.05) is 6.54 Å². The summed E-state index contributed by atoms with van der Waals surface area (Å²) in [4.78, 5) is 22.0. The number of halogens is 1. The van der Waals surface area contributed by atoms with Crippen molar-refractivity contribution in [2.24, 2.45) is 5.73 Å². The number of nitrogens with one attached hydrogen (secondary N) is 1.